The number of hydrogen-bond acceptors (Lipinski definition) is 4. The molecule has 0 spiro atoms. The van der Waals surface area contributed by atoms with Crippen molar-refractivity contribution in [2.24, 2.45) is 0 Å². The van der Waals surface area contributed by atoms with Crippen molar-refractivity contribution >= 4 is 7.26 Å². The summed E-state index contributed by atoms with van der Waals surface area (Å²) in [6, 6.07) is 0. The highest BCUT2D eigenvalue weighted by Crippen LogP contribution is 2.58. The normalized spacial score (nSPS) is 12.0. The lowest BCUT2D eigenvalue weighted by atomic mass is 11.5. The van der Waals surface area contributed by atoms with Crippen LogP contribution in [0.2, 0.25) is 0 Å². The second-order valence-corrected chi connectivity index (χ2v) is 6.73. The SMILES string of the molecule is COC[P+](COC)(COC)COC. The molecule has 0 aromatic heterocycles. The maximum atomic E-state index is 5.17. The van der Waals surface area contributed by atoms with Crippen LogP contribution in [0.15, 0.2) is 0 Å². The van der Waals surface area contributed by atoms with Crippen LogP contribution < -0.4 is 0 Å². The largest absolute Gasteiger partial charge is 0.349 e. The molecule has 4 nitrogen and oxygen atoms in total. The van der Waals surface area contributed by atoms with E-state index in [9.17, 15) is 0 Å². The smallest absolute Gasteiger partial charge is 0.163 e. The van der Waals surface area contributed by atoms with Gasteiger partial charge in [-0.25, -0.2) is 0 Å². The second kappa shape index (κ2) is 7.65. The van der Waals surface area contributed by atoms with Crippen LogP contribution in [0.25, 0.3) is 0 Å². The molecule has 0 aromatic carbocycles. The molecule has 0 unspecified atom stereocenters. The van der Waals surface area contributed by atoms with Crippen molar-refractivity contribution in [3.05, 3.63) is 0 Å². The van der Waals surface area contributed by atoms with E-state index in [0.717, 1.165) is 0 Å². The highest BCUT2D eigenvalue weighted by Gasteiger charge is 2.38. The maximum absolute atomic E-state index is 5.17. The van der Waals surface area contributed by atoms with Gasteiger partial charge in [0, 0.05) is 28.4 Å². The van der Waals surface area contributed by atoms with E-state index in [1.165, 1.54) is 0 Å². The molecule has 0 bridgehead atoms. The highest BCUT2D eigenvalue weighted by molar-refractivity contribution is 7.75. The van der Waals surface area contributed by atoms with Crippen LogP contribution >= 0.6 is 7.26 Å². The van der Waals surface area contributed by atoms with Gasteiger partial charge < -0.3 is 18.9 Å². The third kappa shape index (κ3) is 4.89. The van der Waals surface area contributed by atoms with E-state index in [1.54, 1.807) is 28.4 Å². The minimum absolute atomic E-state index is 0.683. The Balaban J connectivity index is 4.19. The van der Waals surface area contributed by atoms with E-state index in [0.29, 0.717) is 25.4 Å². The fourth-order valence-corrected chi connectivity index (χ4v) is 3.96. The Morgan fingerprint density at radius 2 is 0.846 bits per heavy atom. The molecule has 0 aliphatic heterocycles. The molecule has 0 heterocycles. The van der Waals surface area contributed by atoms with Crippen LogP contribution in [0.1, 0.15) is 0 Å². The van der Waals surface area contributed by atoms with Gasteiger partial charge in [0.05, 0.1) is 0 Å². The van der Waals surface area contributed by atoms with Gasteiger partial charge in [-0.1, -0.05) is 0 Å². The summed E-state index contributed by atoms with van der Waals surface area (Å²) < 4.78 is 20.7. The van der Waals surface area contributed by atoms with E-state index in [-0.39, 0.29) is 0 Å². The first-order valence-corrected chi connectivity index (χ1v) is 6.58. The van der Waals surface area contributed by atoms with E-state index < -0.39 is 7.26 Å². The molecular formula is C8H20O4P+. The van der Waals surface area contributed by atoms with Crippen LogP contribution in [0.3, 0.4) is 0 Å². The molecule has 0 atom stereocenters. The summed E-state index contributed by atoms with van der Waals surface area (Å²) in [6.45, 7) is 0. The molecule has 0 N–H and O–H groups in total. The Bertz CT molecular complexity index is 91.2. The average Bonchev–Trinajstić information content (AvgIpc) is 2.06. The van der Waals surface area contributed by atoms with E-state index in [2.05, 4.69) is 0 Å². The summed E-state index contributed by atoms with van der Waals surface area (Å²) in [5, 5.41) is 0. The molecule has 0 aliphatic rings. The third-order valence-corrected chi connectivity index (χ3v) is 4.84. The minimum atomic E-state index is -1.39. The number of rotatable bonds is 8. The summed E-state index contributed by atoms with van der Waals surface area (Å²) in [6.07, 6.45) is 2.73. The van der Waals surface area contributed by atoms with Crippen molar-refractivity contribution in [2.45, 2.75) is 0 Å². The predicted molar refractivity (Wildman–Crippen MR) is 54.4 cm³/mol. The summed E-state index contributed by atoms with van der Waals surface area (Å²) in [4.78, 5) is 0. The molecule has 0 aromatic rings. The van der Waals surface area contributed by atoms with E-state index in [1.807, 2.05) is 0 Å². The van der Waals surface area contributed by atoms with Gasteiger partial charge in [0.25, 0.3) is 0 Å². The molecule has 0 amide bonds. The third-order valence-electron chi connectivity index (χ3n) is 1.61. The zero-order chi connectivity index (χ0) is 10.2. The Kier molecular flexibility index (Phi) is 7.81. The lowest BCUT2D eigenvalue weighted by Gasteiger charge is -2.23. The minimum Gasteiger partial charge on any atom is -0.349 e. The first-order valence-electron chi connectivity index (χ1n) is 4.05. The Labute approximate surface area is 80.8 Å². The van der Waals surface area contributed by atoms with E-state index >= 15 is 0 Å². The summed E-state index contributed by atoms with van der Waals surface area (Å²) in [5.74, 6) is 0. The average molecular weight is 211 g/mol. The summed E-state index contributed by atoms with van der Waals surface area (Å²) in [7, 11) is 5.38. The molecule has 0 rings (SSSR count). The van der Waals surface area contributed by atoms with Crippen molar-refractivity contribution in [2.75, 3.05) is 53.8 Å². The fraction of sp³-hybridized carbons (Fsp3) is 1.00. The molecule has 0 saturated heterocycles. The maximum Gasteiger partial charge on any atom is 0.163 e. The first-order chi connectivity index (χ1) is 6.24. The van der Waals surface area contributed by atoms with Gasteiger partial charge >= 0.3 is 0 Å². The molecule has 13 heavy (non-hydrogen) atoms. The fourth-order valence-electron chi connectivity index (χ4n) is 1.32. The lowest BCUT2D eigenvalue weighted by molar-refractivity contribution is 0.188. The molecule has 0 saturated carbocycles. The number of ether oxygens (including phenoxy) is 4. The predicted octanol–water partition coefficient (Wildman–Crippen LogP) is 1.42. The Hall–Kier alpha value is 0.270. The van der Waals surface area contributed by atoms with Crippen LogP contribution in [0.4, 0.5) is 0 Å². The zero-order valence-corrected chi connectivity index (χ0v) is 9.80. The second-order valence-electron chi connectivity index (χ2n) is 3.01. The van der Waals surface area contributed by atoms with Crippen molar-refractivity contribution < 1.29 is 18.9 Å². The number of hydrogen-bond donors (Lipinski definition) is 0. The van der Waals surface area contributed by atoms with Crippen molar-refractivity contribution in [1.29, 1.82) is 0 Å². The standard InChI is InChI=1S/C8H20O4P/c1-9-5-13(6-10-2,7-11-3)8-12-4/h5-8H2,1-4H3/q+1. The van der Waals surface area contributed by atoms with Gasteiger partial charge in [0.15, 0.2) is 25.4 Å². The zero-order valence-electron chi connectivity index (χ0n) is 8.91. The lowest BCUT2D eigenvalue weighted by Crippen LogP contribution is -2.16. The molecular weight excluding hydrogens is 191 g/mol. The van der Waals surface area contributed by atoms with Crippen LogP contribution in [-0.2, 0) is 18.9 Å². The van der Waals surface area contributed by atoms with Gasteiger partial charge in [0.1, 0.15) is 7.26 Å². The van der Waals surface area contributed by atoms with Crippen molar-refractivity contribution in [3.63, 3.8) is 0 Å². The topological polar surface area (TPSA) is 36.9 Å². The number of methoxy groups -OCH3 is 4. The molecule has 0 radical (unpaired) electrons. The first kappa shape index (κ1) is 13.3. The van der Waals surface area contributed by atoms with Crippen LogP contribution in [0, 0.1) is 0 Å². The van der Waals surface area contributed by atoms with E-state index in [4.69, 9.17) is 18.9 Å². The highest BCUT2D eigenvalue weighted by atomic mass is 31.2. The van der Waals surface area contributed by atoms with Crippen molar-refractivity contribution in [3.8, 4) is 0 Å². The Morgan fingerprint density at radius 3 is 1.00 bits per heavy atom. The molecule has 5 heteroatoms. The van der Waals surface area contributed by atoms with Gasteiger partial charge in [-0.2, -0.15) is 0 Å². The quantitative estimate of drug-likeness (QED) is 0.569. The molecule has 0 aliphatic carbocycles. The molecule has 0 fully saturated rings. The van der Waals surface area contributed by atoms with Gasteiger partial charge in [-0.15, -0.1) is 0 Å². The van der Waals surface area contributed by atoms with Crippen LogP contribution in [0.5, 0.6) is 0 Å². The Morgan fingerprint density at radius 1 is 0.615 bits per heavy atom. The van der Waals surface area contributed by atoms with Gasteiger partial charge in [0.2, 0.25) is 0 Å². The van der Waals surface area contributed by atoms with Gasteiger partial charge in [-0.05, 0) is 0 Å². The van der Waals surface area contributed by atoms with Crippen molar-refractivity contribution in [1.82, 2.24) is 0 Å². The van der Waals surface area contributed by atoms with Crippen LogP contribution in [-0.4, -0.2) is 53.8 Å². The monoisotopic (exact) mass is 211 g/mol. The molecule has 80 valence electrons. The summed E-state index contributed by atoms with van der Waals surface area (Å²) in [5.41, 5.74) is 0. The summed E-state index contributed by atoms with van der Waals surface area (Å²) >= 11 is 0. The van der Waals surface area contributed by atoms with Gasteiger partial charge in [-0.3, -0.25) is 0 Å².